The summed E-state index contributed by atoms with van der Waals surface area (Å²) in [5.41, 5.74) is 2.25. The number of aromatic nitrogens is 1. The second kappa shape index (κ2) is 11.0. The van der Waals surface area contributed by atoms with Gasteiger partial charge in [0.1, 0.15) is 27.5 Å². The molecule has 34 heavy (non-hydrogen) atoms. The number of anilines is 1. The summed E-state index contributed by atoms with van der Waals surface area (Å²) in [6.07, 6.45) is 2.07. The lowest BCUT2D eigenvalue weighted by Crippen LogP contribution is -2.30. The van der Waals surface area contributed by atoms with E-state index in [1.807, 2.05) is 54.6 Å². The van der Waals surface area contributed by atoms with Crippen LogP contribution in [0.2, 0.25) is 0 Å². The van der Waals surface area contributed by atoms with E-state index in [0.717, 1.165) is 28.9 Å². The molecular formula is C27H28N2O4S. The molecule has 0 atom stereocenters. The molecule has 0 spiro atoms. The Balaban J connectivity index is 1.71. The molecule has 0 aliphatic heterocycles. The maximum atomic E-state index is 13.7. The van der Waals surface area contributed by atoms with Gasteiger partial charge in [0.2, 0.25) is 0 Å². The lowest BCUT2D eigenvalue weighted by atomic mass is 10.1. The first-order valence-electron chi connectivity index (χ1n) is 11.2. The second-order valence-electron chi connectivity index (χ2n) is 7.75. The normalized spacial score (nSPS) is 10.8. The van der Waals surface area contributed by atoms with E-state index in [1.165, 1.54) is 11.3 Å². The number of fused-ring (bicyclic) bond motifs is 1. The molecule has 4 aromatic rings. The second-order valence-corrected chi connectivity index (χ2v) is 8.73. The molecule has 0 N–H and O–H groups in total. The maximum Gasteiger partial charge on any atom is 0.260 e. The molecule has 3 aromatic carbocycles. The molecule has 0 radical (unpaired) electrons. The van der Waals surface area contributed by atoms with Gasteiger partial charge in [0, 0.05) is 5.56 Å². The highest BCUT2D eigenvalue weighted by molar-refractivity contribution is 7.22. The van der Waals surface area contributed by atoms with Crippen molar-refractivity contribution in [1.29, 1.82) is 0 Å². The van der Waals surface area contributed by atoms with Crippen molar-refractivity contribution < 1.29 is 19.0 Å². The number of ether oxygens (including phenoxy) is 3. The minimum absolute atomic E-state index is 0.138. The molecule has 176 valence electrons. The number of carbonyl (C=O) groups is 1. The Morgan fingerprint density at radius 2 is 1.65 bits per heavy atom. The summed E-state index contributed by atoms with van der Waals surface area (Å²) in [7, 11) is 3.23. The fourth-order valence-corrected chi connectivity index (χ4v) is 4.64. The predicted octanol–water partition coefficient (Wildman–Crippen LogP) is 6.34. The van der Waals surface area contributed by atoms with E-state index in [1.54, 1.807) is 31.3 Å². The zero-order valence-electron chi connectivity index (χ0n) is 19.6. The van der Waals surface area contributed by atoms with E-state index in [4.69, 9.17) is 19.2 Å². The van der Waals surface area contributed by atoms with Gasteiger partial charge in [0.15, 0.2) is 5.13 Å². The molecule has 0 saturated carbocycles. The molecule has 1 aromatic heterocycles. The molecule has 4 rings (SSSR count). The van der Waals surface area contributed by atoms with Crippen LogP contribution in [0.15, 0.2) is 66.7 Å². The van der Waals surface area contributed by atoms with Crippen molar-refractivity contribution in [1.82, 2.24) is 4.98 Å². The smallest absolute Gasteiger partial charge is 0.260 e. The largest absolute Gasteiger partial charge is 0.495 e. The molecule has 1 amide bonds. The van der Waals surface area contributed by atoms with Crippen LogP contribution in [0.5, 0.6) is 17.2 Å². The van der Waals surface area contributed by atoms with E-state index in [0.29, 0.717) is 40.9 Å². The number of nitrogens with zero attached hydrogens (tertiary/aromatic N) is 2. The van der Waals surface area contributed by atoms with Crippen LogP contribution in [0.3, 0.4) is 0 Å². The SMILES string of the molecule is CCCCOc1ccc(C(=O)N(Cc2ccccc2)c2nc3c(OC)ccc(OC)c3s2)cc1. The number of thiazole rings is 1. The van der Waals surface area contributed by atoms with Crippen LogP contribution in [-0.4, -0.2) is 31.7 Å². The third-order valence-corrected chi connectivity index (χ3v) is 6.52. The summed E-state index contributed by atoms with van der Waals surface area (Å²) in [4.78, 5) is 20.2. The van der Waals surface area contributed by atoms with Crippen molar-refractivity contribution in [2.45, 2.75) is 26.3 Å². The summed E-state index contributed by atoms with van der Waals surface area (Å²) in [6, 6.07) is 20.8. The highest BCUT2D eigenvalue weighted by Gasteiger charge is 2.24. The highest BCUT2D eigenvalue weighted by Crippen LogP contribution is 2.40. The summed E-state index contributed by atoms with van der Waals surface area (Å²) in [5, 5.41) is 0.579. The Morgan fingerprint density at radius 1 is 0.941 bits per heavy atom. The molecule has 0 aliphatic carbocycles. The molecule has 0 unspecified atom stereocenters. The number of unbranched alkanes of at least 4 members (excludes halogenated alkanes) is 1. The lowest BCUT2D eigenvalue weighted by Gasteiger charge is -2.20. The molecule has 0 saturated heterocycles. The van der Waals surface area contributed by atoms with Crippen LogP contribution >= 0.6 is 11.3 Å². The molecular weight excluding hydrogens is 448 g/mol. The van der Waals surface area contributed by atoms with Crippen LogP contribution in [0.4, 0.5) is 5.13 Å². The quantitative estimate of drug-likeness (QED) is 0.250. The van der Waals surface area contributed by atoms with Crippen molar-refractivity contribution in [3.05, 3.63) is 77.9 Å². The molecule has 0 aliphatic rings. The molecule has 1 heterocycles. The van der Waals surface area contributed by atoms with Crippen LogP contribution < -0.4 is 19.1 Å². The third kappa shape index (κ3) is 5.15. The van der Waals surface area contributed by atoms with Gasteiger partial charge < -0.3 is 14.2 Å². The average Bonchev–Trinajstić information content (AvgIpc) is 3.33. The van der Waals surface area contributed by atoms with E-state index >= 15 is 0 Å². The number of methoxy groups -OCH3 is 2. The van der Waals surface area contributed by atoms with Crippen LogP contribution in [0.25, 0.3) is 10.2 Å². The van der Waals surface area contributed by atoms with Gasteiger partial charge in [0.25, 0.3) is 5.91 Å². The molecule has 0 fully saturated rings. The van der Waals surface area contributed by atoms with Crippen molar-refractivity contribution in [2.75, 3.05) is 25.7 Å². The first-order valence-corrected chi connectivity index (χ1v) is 12.1. The van der Waals surface area contributed by atoms with Crippen LogP contribution in [-0.2, 0) is 6.54 Å². The number of rotatable bonds is 10. The van der Waals surface area contributed by atoms with Crippen LogP contribution in [0.1, 0.15) is 35.7 Å². The van der Waals surface area contributed by atoms with Crippen LogP contribution in [0, 0.1) is 0 Å². The Labute approximate surface area is 203 Å². The topological polar surface area (TPSA) is 60.9 Å². The van der Waals surface area contributed by atoms with Gasteiger partial charge in [-0.2, -0.15) is 0 Å². The summed E-state index contributed by atoms with van der Waals surface area (Å²) >= 11 is 1.41. The standard InChI is InChI=1S/C27H28N2O4S/c1-4-5-17-33-21-13-11-20(12-14-21)26(30)29(18-19-9-7-6-8-10-19)27-28-24-22(31-2)15-16-23(32-3)25(24)34-27/h6-16H,4-5,17-18H2,1-3H3. The highest BCUT2D eigenvalue weighted by atomic mass is 32.1. The number of benzene rings is 3. The maximum absolute atomic E-state index is 13.7. The van der Waals surface area contributed by atoms with Crippen molar-refractivity contribution >= 4 is 32.6 Å². The van der Waals surface area contributed by atoms with Gasteiger partial charge in [-0.25, -0.2) is 4.98 Å². The predicted molar refractivity (Wildman–Crippen MR) is 137 cm³/mol. The van der Waals surface area contributed by atoms with Gasteiger partial charge in [0.05, 0.1) is 27.4 Å². The Bertz CT molecular complexity index is 1200. The molecule has 7 heteroatoms. The fourth-order valence-electron chi connectivity index (χ4n) is 3.57. The van der Waals surface area contributed by atoms with Gasteiger partial charge in [-0.3, -0.25) is 9.69 Å². The zero-order valence-corrected chi connectivity index (χ0v) is 20.4. The van der Waals surface area contributed by atoms with Crippen molar-refractivity contribution in [2.24, 2.45) is 0 Å². The Hall–Kier alpha value is -3.58. The zero-order chi connectivity index (χ0) is 23.9. The molecule has 6 nitrogen and oxygen atoms in total. The van der Waals surface area contributed by atoms with Gasteiger partial charge in [-0.05, 0) is 48.4 Å². The minimum Gasteiger partial charge on any atom is -0.495 e. The fraction of sp³-hybridized carbons (Fsp3) is 0.259. The summed E-state index contributed by atoms with van der Waals surface area (Å²) in [6.45, 7) is 3.18. The van der Waals surface area contributed by atoms with E-state index in [9.17, 15) is 4.79 Å². The van der Waals surface area contributed by atoms with Gasteiger partial charge in [-0.1, -0.05) is 55.0 Å². The minimum atomic E-state index is -0.138. The van der Waals surface area contributed by atoms with E-state index < -0.39 is 0 Å². The number of hydrogen-bond acceptors (Lipinski definition) is 6. The number of amides is 1. The Morgan fingerprint density at radius 3 is 2.32 bits per heavy atom. The number of hydrogen-bond donors (Lipinski definition) is 0. The molecule has 0 bridgehead atoms. The van der Waals surface area contributed by atoms with Crippen molar-refractivity contribution in [3.8, 4) is 17.2 Å². The number of carbonyl (C=O) groups excluding carboxylic acids is 1. The lowest BCUT2D eigenvalue weighted by molar-refractivity contribution is 0.0985. The monoisotopic (exact) mass is 476 g/mol. The first-order chi connectivity index (χ1) is 16.6. The van der Waals surface area contributed by atoms with E-state index in [-0.39, 0.29) is 5.91 Å². The Kier molecular flexibility index (Phi) is 7.65. The average molecular weight is 477 g/mol. The van der Waals surface area contributed by atoms with Gasteiger partial charge in [-0.15, -0.1) is 0 Å². The third-order valence-electron chi connectivity index (χ3n) is 5.43. The van der Waals surface area contributed by atoms with E-state index in [2.05, 4.69) is 6.92 Å². The first kappa shape index (κ1) is 23.6. The summed E-state index contributed by atoms with van der Waals surface area (Å²) in [5.74, 6) is 1.95. The van der Waals surface area contributed by atoms with Gasteiger partial charge >= 0.3 is 0 Å². The summed E-state index contributed by atoms with van der Waals surface area (Å²) < 4.78 is 17.6. The van der Waals surface area contributed by atoms with Crippen molar-refractivity contribution in [3.63, 3.8) is 0 Å².